The third-order valence-electron chi connectivity index (χ3n) is 4.68. The van der Waals surface area contributed by atoms with Gasteiger partial charge in [0.05, 0.1) is 6.61 Å². The standard InChI is InChI=1S/C21H36N4O/c1-4-22-21(25(3)16-17-26-18-19-12-13-19)23-14-8-9-15-24(2)20-10-6-5-7-11-20/h5-7,10-11,19H,4,8-9,12-18H2,1-3H3,(H,22,23). The molecule has 0 amide bonds. The number of nitrogens with one attached hydrogen (secondary N) is 1. The number of aliphatic imine (C=N–C) groups is 1. The molecule has 1 saturated carbocycles. The number of ether oxygens (including phenoxy) is 1. The second-order valence-electron chi connectivity index (χ2n) is 7.14. The van der Waals surface area contributed by atoms with Gasteiger partial charge in [-0.1, -0.05) is 18.2 Å². The lowest BCUT2D eigenvalue weighted by Crippen LogP contribution is -2.40. The first-order chi connectivity index (χ1) is 12.7. The van der Waals surface area contributed by atoms with Crippen molar-refractivity contribution in [3.05, 3.63) is 30.3 Å². The van der Waals surface area contributed by atoms with Gasteiger partial charge < -0.3 is 19.9 Å². The molecule has 0 heterocycles. The molecule has 0 unspecified atom stereocenters. The molecule has 26 heavy (non-hydrogen) atoms. The molecular formula is C21H36N4O. The monoisotopic (exact) mass is 360 g/mol. The molecule has 2 rings (SSSR count). The second-order valence-corrected chi connectivity index (χ2v) is 7.14. The third-order valence-corrected chi connectivity index (χ3v) is 4.68. The Hall–Kier alpha value is -1.75. The highest BCUT2D eigenvalue weighted by atomic mass is 16.5. The van der Waals surface area contributed by atoms with Crippen LogP contribution in [0.5, 0.6) is 0 Å². The van der Waals surface area contributed by atoms with Crippen LogP contribution in [0.25, 0.3) is 0 Å². The molecule has 0 radical (unpaired) electrons. The van der Waals surface area contributed by atoms with Crippen LogP contribution in [-0.2, 0) is 4.74 Å². The number of benzene rings is 1. The molecule has 0 bridgehead atoms. The van der Waals surface area contributed by atoms with E-state index in [9.17, 15) is 0 Å². The van der Waals surface area contributed by atoms with Crippen LogP contribution in [0.15, 0.2) is 35.3 Å². The van der Waals surface area contributed by atoms with Gasteiger partial charge in [-0.3, -0.25) is 4.99 Å². The molecular weight excluding hydrogens is 324 g/mol. The first kappa shape index (κ1) is 20.6. The first-order valence-corrected chi connectivity index (χ1v) is 10.0. The van der Waals surface area contributed by atoms with E-state index in [0.29, 0.717) is 0 Å². The number of rotatable bonds is 12. The van der Waals surface area contributed by atoms with Crippen molar-refractivity contribution in [2.75, 3.05) is 58.4 Å². The molecule has 0 spiro atoms. The average molecular weight is 361 g/mol. The smallest absolute Gasteiger partial charge is 0.193 e. The van der Waals surface area contributed by atoms with Gasteiger partial charge in [0.25, 0.3) is 0 Å². The van der Waals surface area contributed by atoms with Gasteiger partial charge >= 0.3 is 0 Å². The summed E-state index contributed by atoms with van der Waals surface area (Å²) < 4.78 is 5.74. The number of unbranched alkanes of at least 4 members (excludes halogenated alkanes) is 1. The maximum Gasteiger partial charge on any atom is 0.193 e. The third kappa shape index (κ3) is 8.09. The molecule has 0 aliphatic heterocycles. The summed E-state index contributed by atoms with van der Waals surface area (Å²) in [7, 11) is 4.24. The van der Waals surface area contributed by atoms with Crippen molar-refractivity contribution in [2.24, 2.45) is 10.9 Å². The van der Waals surface area contributed by atoms with Crippen LogP contribution in [0.2, 0.25) is 0 Å². The first-order valence-electron chi connectivity index (χ1n) is 10.0. The van der Waals surface area contributed by atoms with Crippen LogP contribution < -0.4 is 10.2 Å². The molecule has 1 aromatic rings. The molecule has 0 atom stereocenters. The zero-order chi connectivity index (χ0) is 18.6. The lowest BCUT2D eigenvalue weighted by Gasteiger charge is -2.22. The van der Waals surface area contributed by atoms with Crippen molar-refractivity contribution in [3.63, 3.8) is 0 Å². The summed E-state index contributed by atoms with van der Waals surface area (Å²) in [6.07, 6.45) is 4.93. The van der Waals surface area contributed by atoms with Gasteiger partial charge in [-0.25, -0.2) is 0 Å². The summed E-state index contributed by atoms with van der Waals surface area (Å²) in [5, 5.41) is 3.38. The number of hydrogen-bond donors (Lipinski definition) is 1. The predicted molar refractivity (Wildman–Crippen MR) is 111 cm³/mol. The minimum absolute atomic E-state index is 0.777. The lowest BCUT2D eigenvalue weighted by atomic mass is 10.2. The highest BCUT2D eigenvalue weighted by Crippen LogP contribution is 2.28. The largest absolute Gasteiger partial charge is 0.379 e. The average Bonchev–Trinajstić information content (AvgIpc) is 3.49. The van der Waals surface area contributed by atoms with Gasteiger partial charge in [0, 0.05) is 52.6 Å². The van der Waals surface area contributed by atoms with E-state index in [2.05, 4.69) is 66.5 Å². The van der Waals surface area contributed by atoms with Crippen molar-refractivity contribution in [1.29, 1.82) is 0 Å². The lowest BCUT2D eigenvalue weighted by molar-refractivity contribution is 0.115. The van der Waals surface area contributed by atoms with Gasteiger partial charge in [0.2, 0.25) is 0 Å². The topological polar surface area (TPSA) is 40.1 Å². The fourth-order valence-electron chi connectivity index (χ4n) is 2.77. The number of hydrogen-bond acceptors (Lipinski definition) is 3. The molecule has 0 aromatic heterocycles. The molecule has 5 heteroatoms. The van der Waals surface area contributed by atoms with E-state index in [1.165, 1.54) is 18.5 Å². The van der Waals surface area contributed by atoms with Crippen LogP contribution in [0.1, 0.15) is 32.6 Å². The van der Waals surface area contributed by atoms with Gasteiger partial charge in [-0.05, 0) is 50.7 Å². The minimum Gasteiger partial charge on any atom is -0.379 e. The van der Waals surface area contributed by atoms with E-state index in [1.807, 2.05) is 0 Å². The van der Waals surface area contributed by atoms with Gasteiger partial charge in [0.15, 0.2) is 5.96 Å². The summed E-state index contributed by atoms with van der Waals surface area (Å²) in [4.78, 5) is 9.24. The van der Waals surface area contributed by atoms with Crippen LogP contribution in [0.4, 0.5) is 5.69 Å². The number of anilines is 1. The highest BCUT2D eigenvalue weighted by molar-refractivity contribution is 5.79. The van der Waals surface area contributed by atoms with E-state index in [1.54, 1.807) is 0 Å². The Balaban J connectivity index is 1.63. The Morgan fingerprint density at radius 3 is 2.62 bits per heavy atom. The number of guanidine groups is 1. The molecule has 1 aliphatic carbocycles. The Morgan fingerprint density at radius 2 is 1.92 bits per heavy atom. The van der Waals surface area contributed by atoms with Crippen molar-refractivity contribution in [3.8, 4) is 0 Å². The Labute approximate surface area is 159 Å². The SMILES string of the molecule is CCNC(=NCCCCN(C)c1ccccc1)N(C)CCOCC1CC1. The molecule has 1 N–H and O–H groups in total. The van der Waals surface area contributed by atoms with E-state index in [-0.39, 0.29) is 0 Å². The fourth-order valence-corrected chi connectivity index (χ4v) is 2.77. The maximum atomic E-state index is 5.74. The number of nitrogens with zero attached hydrogens (tertiary/aromatic N) is 3. The van der Waals surface area contributed by atoms with Gasteiger partial charge in [0.1, 0.15) is 0 Å². The zero-order valence-electron chi connectivity index (χ0n) is 16.8. The highest BCUT2D eigenvalue weighted by Gasteiger charge is 2.21. The molecule has 5 nitrogen and oxygen atoms in total. The Kier molecular flexibility index (Phi) is 9.32. The van der Waals surface area contributed by atoms with Crippen LogP contribution in [0.3, 0.4) is 0 Å². The molecule has 1 aromatic carbocycles. The maximum absolute atomic E-state index is 5.74. The molecule has 1 fully saturated rings. The molecule has 146 valence electrons. The molecule has 0 saturated heterocycles. The van der Waals surface area contributed by atoms with Crippen molar-refractivity contribution in [1.82, 2.24) is 10.2 Å². The van der Waals surface area contributed by atoms with Gasteiger partial charge in [-0.2, -0.15) is 0 Å². The summed E-state index contributed by atoms with van der Waals surface area (Å²) in [5.41, 5.74) is 1.27. The Bertz CT molecular complexity index is 516. The van der Waals surface area contributed by atoms with E-state index in [4.69, 9.17) is 9.73 Å². The van der Waals surface area contributed by atoms with Crippen molar-refractivity contribution >= 4 is 11.6 Å². The van der Waals surface area contributed by atoms with Crippen LogP contribution in [0, 0.1) is 5.92 Å². The number of likely N-dealkylation sites (N-methyl/N-ethyl adjacent to an activating group) is 1. The van der Waals surface area contributed by atoms with Gasteiger partial charge in [-0.15, -0.1) is 0 Å². The minimum atomic E-state index is 0.777. The second kappa shape index (κ2) is 11.8. The quantitative estimate of drug-likeness (QED) is 0.353. The predicted octanol–water partition coefficient (Wildman–Crippen LogP) is 3.23. The number of para-hydroxylation sites is 1. The summed E-state index contributed by atoms with van der Waals surface area (Å²) >= 11 is 0. The van der Waals surface area contributed by atoms with Crippen molar-refractivity contribution < 1.29 is 4.74 Å². The zero-order valence-corrected chi connectivity index (χ0v) is 16.8. The van der Waals surface area contributed by atoms with E-state index >= 15 is 0 Å². The van der Waals surface area contributed by atoms with E-state index < -0.39 is 0 Å². The fraction of sp³-hybridized carbons (Fsp3) is 0.667. The van der Waals surface area contributed by atoms with Crippen molar-refractivity contribution in [2.45, 2.75) is 32.6 Å². The normalized spacial score (nSPS) is 14.3. The van der Waals surface area contributed by atoms with Crippen LogP contribution >= 0.6 is 0 Å². The summed E-state index contributed by atoms with van der Waals surface area (Å²) in [6, 6.07) is 10.5. The summed E-state index contributed by atoms with van der Waals surface area (Å²) in [6.45, 7) is 7.51. The summed E-state index contributed by atoms with van der Waals surface area (Å²) in [5.74, 6) is 1.81. The van der Waals surface area contributed by atoms with Crippen LogP contribution in [-0.4, -0.2) is 64.3 Å². The Morgan fingerprint density at radius 1 is 1.15 bits per heavy atom. The van der Waals surface area contributed by atoms with E-state index in [0.717, 1.165) is 64.1 Å². The molecule has 1 aliphatic rings.